The normalized spacial score (nSPS) is 11.7. The summed E-state index contributed by atoms with van der Waals surface area (Å²) in [7, 11) is 1.60. The van der Waals surface area contributed by atoms with E-state index in [0.717, 1.165) is 17.1 Å². The zero-order valence-corrected chi connectivity index (χ0v) is 13.9. The van der Waals surface area contributed by atoms with Gasteiger partial charge in [-0.3, -0.25) is 0 Å². The smallest absolute Gasteiger partial charge is 0.315 e. The van der Waals surface area contributed by atoms with Crippen molar-refractivity contribution in [3.05, 3.63) is 48.0 Å². The minimum absolute atomic E-state index is 0.236. The Morgan fingerprint density at radius 3 is 2.80 bits per heavy atom. The number of carbonyl (C=O) groups excluding carboxylic acids is 1. The maximum atomic E-state index is 11.8. The van der Waals surface area contributed by atoms with E-state index in [4.69, 9.17) is 18.9 Å². The second kappa shape index (κ2) is 8.14. The molecular formula is C18H20N2O5. The third-order valence-electron chi connectivity index (χ3n) is 3.59. The van der Waals surface area contributed by atoms with Gasteiger partial charge in [0.2, 0.25) is 6.79 Å². The molecule has 0 aromatic heterocycles. The van der Waals surface area contributed by atoms with Crippen molar-refractivity contribution in [1.82, 2.24) is 10.6 Å². The van der Waals surface area contributed by atoms with Crippen LogP contribution in [0.15, 0.2) is 42.5 Å². The summed E-state index contributed by atoms with van der Waals surface area (Å²) in [5.74, 6) is 2.85. The number of amides is 2. The second-order valence-corrected chi connectivity index (χ2v) is 5.32. The van der Waals surface area contributed by atoms with Gasteiger partial charge in [0.25, 0.3) is 0 Å². The molecule has 3 rings (SSSR count). The van der Waals surface area contributed by atoms with E-state index >= 15 is 0 Å². The largest absolute Gasteiger partial charge is 0.497 e. The fraction of sp³-hybridized carbons (Fsp3) is 0.278. The maximum Gasteiger partial charge on any atom is 0.315 e. The van der Waals surface area contributed by atoms with Crippen molar-refractivity contribution in [3.8, 4) is 23.0 Å². The number of carbonyl (C=O) groups is 1. The van der Waals surface area contributed by atoms with Crippen molar-refractivity contribution < 1.29 is 23.7 Å². The summed E-state index contributed by atoms with van der Waals surface area (Å²) in [4.78, 5) is 11.8. The number of hydrogen-bond donors (Lipinski definition) is 2. The third-order valence-corrected chi connectivity index (χ3v) is 3.59. The molecule has 0 aliphatic carbocycles. The van der Waals surface area contributed by atoms with Crippen LogP contribution in [0, 0.1) is 0 Å². The summed E-state index contributed by atoms with van der Waals surface area (Å²) in [5.41, 5.74) is 0.937. The molecular weight excluding hydrogens is 324 g/mol. The van der Waals surface area contributed by atoms with E-state index in [2.05, 4.69) is 10.6 Å². The molecule has 1 aliphatic rings. The van der Waals surface area contributed by atoms with Crippen LogP contribution in [0.3, 0.4) is 0 Å². The number of methoxy groups -OCH3 is 1. The van der Waals surface area contributed by atoms with E-state index in [-0.39, 0.29) is 12.8 Å². The molecule has 25 heavy (non-hydrogen) atoms. The Morgan fingerprint density at radius 2 is 1.92 bits per heavy atom. The summed E-state index contributed by atoms with van der Waals surface area (Å²) in [6.07, 6.45) is 0. The Labute approximate surface area is 145 Å². The molecule has 0 saturated carbocycles. The summed E-state index contributed by atoms with van der Waals surface area (Å²) in [6.45, 7) is 1.40. The molecule has 2 aromatic carbocycles. The molecule has 0 bridgehead atoms. The second-order valence-electron chi connectivity index (χ2n) is 5.32. The van der Waals surface area contributed by atoms with Gasteiger partial charge in [0.05, 0.1) is 13.7 Å². The van der Waals surface area contributed by atoms with Gasteiger partial charge in [-0.2, -0.15) is 0 Å². The topological polar surface area (TPSA) is 78.1 Å². The highest BCUT2D eigenvalue weighted by Crippen LogP contribution is 2.32. The van der Waals surface area contributed by atoms with Gasteiger partial charge in [-0.05, 0) is 29.8 Å². The Bertz CT molecular complexity index is 735. The predicted octanol–water partition coefficient (Wildman–Crippen LogP) is 2.30. The molecule has 0 unspecified atom stereocenters. The maximum absolute atomic E-state index is 11.8. The summed E-state index contributed by atoms with van der Waals surface area (Å²) in [5, 5.41) is 5.53. The number of rotatable bonds is 7. The number of ether oxygens (including phenoxy) is 4. The van der Waals surface area contributed by atoms with E-state index < -0.39 is 0 Å². The van der Waals surface area contributed by atoms with Crippen LogP contribution in [0.1, 0.15) is 5.56 Å². The molecule has 0 fully saturated rings. The van der Waals surface area contributed by atoms with Gasteiger partial charge in [0.15, 0.2) is 11.5 Å². The first-order valence-corrected chi connectivity index (χ1v) is 7.91. The van der Waals surface area contributed by atoms with Gasteiger partial charge >= 0.3 is 6.03 Å². The molecule has 2 N–H and O–H groups in total. The summed E-state index contributed by atoms with van der Waals surface area (Å²) >= 11 is 0. The predicted molar refractivity (Wildman–Crippen MR) is 91.3 cm³/mol. The van der Waals surface area contributed by atoms with Crippen LogP contribution in [0.5, 0.6) is 23.0 Å². The van der Waals surface area contributed by atoms with Crippen LogP contribution in [0.2, 0.25) is 0 Å². The summed E-state index contributed by atoms with van der Waals surface area (Å²) in [6, 6.07) is 12.6. The van der Waals surface area contributed by atoms with Gasteiger partial charge in [0, 0.05) is 12.6 Å². The molecule has 0 atom stereocenters. The van der Waals surface area contributed by atoms with Gasteiger partial charge in [-0.15, -0.1) is 0 Å². The van der Waals surface area contributed by atoms with Crippen LogP contribution in [0.4, 0.5) is 4.79 Å². The van der Waals surface area contributed by atoms with Crippen molar-refractivity contribution >= 4 is 6.03 Å². The molecule has 7 heteroatoms. The molecule has 132 valence electrons. The van der Waals surface area contributed by atoms with Crippen molar-refractivity contribution in [1.29, 1.82) is 0 Å². The average Bonchev–Trinajstić information content (AvgIpc) is 3.11. The standard InChI is InChI=1S/C18H20N2O5/c1-22-14-3-2-4-15(10-14)23-8-7-19-18(21)20-11-13-5-6-16-17(9-13)25-12-24-16/h2-6,9-10H,7-8,11-12H2,1H3,(H2,19,20,21). The third kappa shape index (κ3) is 4.69. The zero-order chi connectivity index (χ0) is 17.5. The first kappa shape index (κ1) is 16.8. The highest BCUT2D eigenvalue weighted by atomic mass is 16.7. The van der Waals surface area contributed by atoms with Crippen LogP contribution >= 0.6 is 0 Å². The van der Waals surface area contributed by atoms with E-state index in [1.54, 1.807) is 13.2 Å². The minimum atomic E-state index is -0.257. The Kier molecular flexibility index (Phi) is 5.46. The number of fused-ring (bicyclic) bond motifs is 1. The molecule has 0 saturated heterocycles. The lowest BCUT2D eigenvalue weighted by atomic mass is 10.2. The highest BCUT2D eigenvalue weighted by molar-refractivity contribution is 5.73. The Morgan fingerprint density at radius 1 is 1.08 bits per heavy atom. The summed E-state index contributed by atoms with van der Waals surface area (Å²) < 4.78 is 21.2. The van der Waals surface area contributed by atoms with Crippen molar-refractivity contribution in [2.24, 2.45) is 0 Å². The van der Waals surface area contributed by atoms with Gasteiger partial charge < -0.3 is 29.6 Å². The number of benzene rings is 2. The molecule has 1 heterocycles. The average molecular weight is 344 g/mol. The zero-order valence-electron chi connectivity index (χ0n) is 13.9. The Hall–Kier alpha value is -3.09. The van der Waals surface area contributed by atoms with Crippen LogP contribution < -0.4 is 29.6 Å². The molecule has 0 spiro atoms. The van der Waals surface area contributed by atoms with Gasteiger partial charge in [-0.1, -0.05) is 12.1 Å². The number of urea groups is 1. The van der Waals surface area contributed by atoms with Crippen LogP contribution in [-0.2, 0) is 6.54 Å². The van der Waals surface area contributed by atoms with E-state index in [1.807, 2.05) is 36.4 Å². The van der Waals surface area contributed by atoms with E-state index in [0.29, 0.717) is 31.2 Å². The van der Waals surface area contributed by atoms with Crippen LogP contribution in [-0.4, -0.2) is 33.1 Å². The van der Waals surface area contributed by atoms with Crippen LogP contribution in [0.25, 0.3) is 0 Å². The van der Waals surface area contributed by atoms with E-state index in [9.17, 15) is 4.79 Å². The van der Waals surface area contributed by atoms with Crippen molar-refractivity contribution in [3.63, 3.8) is 0 Å². The molecule has 2 amide bonds. The highest BCUT2D eigenvalue weighted by Gasteiger charge is 2.13. The molecule has 1 aliphatic heterocycles. The molecule has 2 aromatic rings. The monoisotopic (exact) mass is 344 g/mol. The first-order chi connectivity index (χ1) is 12.2. The SMILES string of the molecule is COc1cccc(OCCNC(=O)NCc2ccc3c(c2)OCO3)c1. The Balaban J connectivity index is 1.35. The number of nitrogens with one attached hydrogen (secondary N) is 2. The lowest BCUT2D eigenvalue weighted by Crippen LogP contribution is -2.37. The number of hydrogen-bond acceptors (Lipinski definition) is 5. The van der Waals surface area contributed by atoms with Gasteiger partial charge in [-0.25, -0.2) is 4.79 Å². The van der Waals surface area contributed by atoms with Crippen molar-refractivity contribution in [2.75, 3.05) is 27.1 Å². The first-order valence-electron chi connectivity index (χ1n) is 7.91. The van der Waals surface area contributed by atoms with E-state index in [1.165, 1.54) is 0 Å². The molecule has 7 nitrogen and oxygen atoms in total. The lowest BCUT2D eigenvalue weighted by Gasteiger charge is -2.10. The van der Waals surface area contributed by atoms with Gasteiger partial charge in [0.1, 0.15) is 18.1 Å². The molecule has 0 radical (unpaired) electrons. The fourth-order valence-corrected chi connectivity index (χ4v) is 2.32. The minimum Gasteiger partial charge on any atom is -0.497 e. The quantitative estimate of drug-likeness (QED) is 0.754. The van der Waals surface area contributed by atoms with Crippen molar-refractivity contribution in [2.45, 2.75) is 6.54 Å². The lowest BCUT2D eigenvalue weighted by molar-refractivity contribution is 0.174. The fourth-order valence-electron chi connectivity index (χ4n) is 2.32.